The molecule has 1 aromatic carbocycles. The van der Waals surface area contributed by atoms with E-state index in [1.165, 1.54) is 6.33 Å². The van der Waals surface area contributed by atoms with Crippen molar-refractivity contribution in [3.05, 3.63) is 35.9 Å². The Hall–Kier alpha value is -2.26. The molecule has 0 bridgehead atoms. The van der Waals surface area contributed by atoms with E-state index in [4.69, 9.17) is 0 Å². The highest BCUT2D eigenvalue weighted by molar-refractivity contribution is 7.89. The summed E-state index contributed by atoms with van der Waals surface area (Å²) in [4.78, 5) is 18.0. The zero-order chi connectivity index (χ0) is 18.3. The molecule has 4 rings (SSSR count). The fraction of sp³-hybridized carbons (Fsp3) is 0.471. The van der Waals surface area contributed by atoms with Crippen LogP contribution in [-0.4, -0.2) is 35.6 Å². The third-order valence-corrected chi connectivity index (χ3v) is 6.58. The van der Waals surface area contributed by atoms with Crippen LogP contribution in [0.15, 0.2) is 29.4 Å². The number of anilines is 1. The monoisotopic (exact) mass is 375 g/mol. The highest BCUT2D eigenvalue weighted by atomic mass is 32.2. The van der Waals surface area contributed by atoms with Crippen molar-refractivity contribution in [3.63, 3.8) is 0 Å². The lowest BCUT2D eigenvalue weighted by Gasteiger charge is -2.24. The average Bonchev–Trinajstić information content (AvgIpc) is 3.23. The van der Waals surface area contributed by atoms with Gasteiger partial charge < -0.3 is 4.90 Å². The zero-order valence-corrected chi connectivity index (χ0v) is 15.4. The molecule has 8 nitrogen and oxygen atoms in total. The number of fused-ring (bicyclic) bond motifs is 1. The van der Waals surface area contributed by atoms with Crippen LogP contribution in [-0.2, 0) is 21.4 Å². The highest BCUT2D eigenvalue weighted by Gasteiger charge is 2.29. The second-order valence-electron chi connectivity index (χ2n) is 6.76. The third-order valence-electron chi connectivity index (χ3n) is 4.95. The molecule has 0 saturated carbocycles. The molecule has 26 heavy (non-hydrogen) atoms. The largest absolute Gasteiger partial charge is 0.312 e. The van der Waals surface area contributed by atoms with Crippen LogP contribution >= 0.6 is 0 Å². The van der Waals surface area contributed by atoms with Gasteiger partial charge in [-0.1, -0.05) is 0 Å². The van der Waals surface area contributed by atoms with E-state index in [-0.39, 0.29) is 16.8 Å². The Morgan fingerprint density at radius 3 is 2.81 bits per heavy atom. The number of nitrogens with one attached hydrogen (secondary N) is 1. The van der Waals surface area contributed by atoms with Crippen LogP contribution in [0.2, 0.25) is 0 Å². The van der Waals surface area contributed by atoms with E-state index < -0.39 is 10.0 Å². The number of nitrogens with zero attached hydrogens (tertiary/aromatic N) is 4. The highest BCUT2D eigenvalue weighted by Crippen LogP contribution is 2.28. The van der Waals surface area contributed by atoms with Gasteiger partial charge in [0, 0.05) is 25.2 Å². The number of hydrogen-bond acceptors (Lipinski definition) is 5. The van der Waals surface area contributed by atoms with Crippen LogP contribution in [0.1, 0.15) is 43.1 Å². The van der Waals surface area contributed by atoms with Crippen molar-refractivity contribution >= 4 is 21.6 Å². The lowest BCUT2D eigenvalue weighted by Crippen LogP contribution is -2.33. The smallest absolute Gasteiger partial charge is 0.241 e. The Bertz CT molecular complexity index is 953. The van der Waals surface area contributed by atoms with Gasteiger partial charge in [0.05, 0.1) is 10.9 Å². The van der Waals surface area contributed by atoms with Crippen LogP contribution in [0, 0.1) is 6.92 Å². The van der Waals surface area contributed by atoms with E-state index in [0.29, 0.717) is 30.8 Å². The molecule has 2 aliphatic heterocycles. The summed E-state index contributed by atoms with van der Waals surface area (Å²) in [5.41, 5.74) is 1.37. The van der Waals surface area contributed by atoms with Crippen molar-refractivity contribution in [2.75, 3.05) is 11.4 Å². The van der Waals surface area contributed by atoms with Gasteiger partial charge in [-0.3, -0.25) is 4.79 Å². The Morgan fingerprint density at radius 2 is 2.08 bits per heavy atom. The molecule has 0 radical (unpaired) electrons. The number of rotatable bonds is 4. The van der Waals surface area contributed by atoms with Crippen molar-refractivity contribution in [1.29, 1.82) is 0 Å². The van der Waals surface area contributed by atoms with Crippen molar-refractivity contribution in [1.82, 2.24) is 19.5 Å². The van der Waals surface area contributed by atoms with Crippen molar-refractivity contribution in [3.8, 4) is 0 Å². The van der Waals surface area contributed by atoms with E-state index in [0.717, 1.165) is 25.1 Å². The minimum Gasteiger partial charge on any atom is -0.312 e. The molecule has 1 atom stereocenters. The summed E-state index contributed by atoms with van der Waals surface area (Å²) in [5, 5.41) is 4.12. The van der Waals surface area contributed by atoms with Gasteiger partial charge in [-0.05, 0) is 49.9 Å². The fourth-order valence-electron chi connectivity index (χ4n) is 3.68. The molecular formula is C17H21N5O3S. The first kappa shape index (κ1) is 17.2. The first-order chi connectivity index (χ1) is 12.5. The molecule has 9 heteroatoms. The lowest BCUT2D eigenvalue weighted by atomic mass is 10.1. The van der Waals surface area contributed by atoms with Gasteiger partial charge in [-0.15, -0.1) is 0 Å². The SMILES string of the molecule is Cc1cc(N2CCCC2=O)ccc1S(=O)(=O)NC1CCCn2ncnc21. The summed E-state index contributed by atoms with van der Waals surface area (Å²) < 4.78 is 30.3. The van der Waals surface area contributed by atoms with Crippen LogP contribution in [0.5, 0.6) is 0 Å². The zero-order valence-electron chi connectivity index (χ0n) is 14.6. The summed E-state index contributed by atoms with van der Waals surface area (Å²) in [6.07, 6.45) is 4.37. The second-order valence-corrected chi connectivity index (χ2v) is 8.44. The minimum absolute atomic E-state index is 0.0830. The molecule has 3 heterocycles. The number of aryl methyl sites for hydroxylation is 2. The third kappa shape index (κ3) is 3.01. The number of amides is 1. The number of sulfonamides is 1. The Morgan fingerprint density at radius 1 is 1.23 bits per heavy atom. The van der Waals surface area contributed by atoms with Crippen LogP contribution < -0.4 is 9.62 Å². The summed E-state index contributed by atoms with van der Waals surface area (Å²) in [7, 11) is -3.70. The van der Waals surface area contributed by atoms with Gasteiger partial charge in [0.1, 0.15) is 12.2 Å². The first-order valence-corrected chi connectivity index (χ1v) is 10.2. The molecule has 1 unspecified atom stereocenters. The van der Waals surface area contributed by atoms with Crippen LogP contribution in [0.25, 0.3) is 0 Å². The van der Waals surface area contributed by atoms with Crippen molar-refractivity contribution < 1.29 is 13.2 Å². The van der Waals surface area contributed by atoms with Crippen LogP contribution in [0.3, 0.4) is 0 Å². The van der Waals surface area contributed by atoms with Gasteiger partial charge in [-0.2, -0.15) is 5.10 Å². The van der Waals surface area contributed by atoms with E-state index in [1.807, 2.05) is 0 Å². The molecule has 1 amide bonds. The predicted octanol–water partition coefficient (Wildman–Crippen LogP) is 1.53. The molecule has 1 fully saturated rings. The van der Waals surface area contributed by atoms with Gasteiger partial charge in [0.15, 0.2) is 0 Å². The van der Waals surface area contributed by atoms with Crippen LogP contribution in [0.4, 0.5) is 5.69 Å². The van der Waals surface area contributed by atoms with Gasteiger partial charge in [0.2, 0.25) is 15.9 Å². The lowest BCUT2D eigenvalue weighted by molar-refractivity contribution is -0.117. The summed E-state index contributed by atoms with van der Waals surface area (Å²) in [6, 6.07) is 4.66. The topological polar surface area (TPSA) is 97.2 Å². The van der Waals surface area contributed by atoms with Gasteiger partial charge in [0.25, 0.3) is 0 Å². The molecule has 1 N–H and O–H groups in total. The quantitative estimate of drug-likeness (QED) is 0.874. The van der Waals surface area contributed by atoms with E-state index >= 15 is 0 Å². The summed E-state index contributed by atoms with van der Waals surface area (Å²) in [5.74, 6) is 0.733. The van der Waals surface area contributed by atoms with Gasteiger partial charge in [-0.25, -0.2) is 22.8 Å². The second kappa shape index (κ2) is 6.48. The standard InChI is InChI=1S/C17H21N5O3S/c1-12-10-13(21-8-3-5-16(21)23)6-7-15(12)26(24,25)20-14-4-2-9-22-17(14)18-11-19-22/h6-7,10-11,14,20H,2-5,8-9H2,1H3. The van der Waals surface area contributed by atoms with E-state index in [2.05, 4.69) is 14.8 Å². The van der Waals surface area contributed by atoms with E-state index in [9.17, 15) is 13.2 Å². The Balaban J connectivity index is 1.60. The molecular weight excluding hydrogens is 354 g/mol. The number of aromatic nitrogens is 3. The summed E-state index contributed by atoms with van der Waals surface area (Å²) in [6.45, 7) is 3.19. The number of benzene rings is 1. The fourth-order valence-corrected chi connectivity index (χ4v) is 5.13. The normalized spacial score (nSPS) is 20.4. The molecule has 1 aromatic heterocycles. The maximum atomic E-state index is 12.9. The number of carbonyl (C=O) groups excluding carboxylic acids is 1. The molecule has 2 aromatic rings. The predicted molar refractivity (Wildman–Crippen MR) is 95.1 cm³/mol. The Kier molecular flexibility index (Phi) is 4.28. The maximum Gasteiger partial charge on any atom is 0.241 e. The molecule has 2 aliphatic rings. The number of carbonyl (C=O) groups is 1. The minimum atomic E-state index is -3.70. The molecule has 0 aliphatic carbocycles. The molecule has 1 saturated heterocycles. The summed E-state index contributed by atoms with van der Waals surface area (Å²) >= 11 is 0. The number of hydrogen-bond donors (Lipinski definition) is 1. The van der Waals surface area contributed by atoms with Crippen molar-refractivity contribution in [2.24, 2.45) is 0 Å². The maximum absolute atomic E-state index is 12.9. The average molecular weight is 375 g/mol. The Labute approximate surface area is 152 Å². The van der Waals surface area contributed by atoms with E-state index in [1.54, 1.807) is 34.7 Å². The first-order valence-electron chi connectivity index (χ1n) is 8.77. The van der Waals surface area contributed by atoms with Crippen molar-refractivity contribution in [2.45, 2.75) is 50.1 Å². The molecule has 0 spiro atoms. The van der Waals surface area contributed by atoms with Gasteiger partial charge >= 0.3 is 0 Å². The molecule has 138 valence electrons.